The number of nitrogens with zero attached hydrogens (tertiary/aromatic N) is 2. The van der Waals surface area contributed by atoms with Crippen LogP contribution in [0.1, 0.15) is 156 Å². The molecule has 5 rings (SSSR count). The SMILES string of the molecule is CCCNC(=O)C(=O)[C@@H]1CCCCCCCCC[C@H](CC(=O)CC2(CS(=O)(=O)N3CCCCC3)CCCCC2)C(=O)N2C[C@H]3[C@@H]([C@H]2C(=O)C1)C3(C)C. The third-order valence-electron chi connectivity index (χ3n) is 13.5. The molecule has 5 atom stereocenters. The molecule has 0 radical (unpaired) electrons. The minimum atomic E-state index is -3.50. The molecule has 1 N–H and O–H groups in total. The largest absolute Gasteiger partial charge is 0.350 e. The lowest BCUT2D eigenvalue weighted by Crippen LogP contribution is -2.49. The fourth-order valence-corrected chi connectivity index (χ4v) is 12.5. The normalized spacial score (nSPS) is 30.6. The van der Waals surface area contributed by atoms with Crippen molar-refractivity contribution >= 4 is 39.2 Å². The molecule has 3 heterocycles. The molecule has 10 nitrogen and oxygen atoms in total. The van der Waals surface area contributed by atoms with E-state index in [0.717, 1.165) is 83.5 Å². The van der Waals surface area contributed by atoms with Crippen molar-refractivity contribution in [1.29, 1.82) is 0 Å². The van der Waals surface area contributed by atoms with Crippen LogP contribution in [0.5, 0.6) is 0 Å². The highest BCUT2D eigenvalue weighted by molar-refractivity contribution is 7.89. The zero-order valence-electron chi connectivity index (χ0n) is 32.4. The quantitative estimate of drug-likeness (QED) is 0.242. The number of nitrogens with one attached hydrogen (secondary N) is 1. The zero-order chi connectivity index (χ0) is 37.5. The Morgan fingerprint density at radius 3 is 2.08 bits per heavy atom. The highest BCUT2D eigenvalue weighted by Crippen LogP contribution is 2.65. The van der Waals surface area contributed by atoms with Gasteiger partial charge in [0.25, 0.3) is 5.91 Å². The van der Waals surface area contributed by atoms with Crippen LogP contribution in [-0.4, -0.2) is 84.8 Å². The maximum atomic E-state index is 14.6. The van der Waals surface area contributed by atoms with Crippen molar-refractivity contribution in [3.8, 4) is 0 Å². The second-order valence-electron chi connectivity index (χ2n) is 17.8. The van der Waals surface area contributed by atoms with Gasteiger partial charge in [0, 0.05) is 57.3 Å². The van der Waals surface area contributed by atoms with Gasteiger partial charge in [-0.15, -0.1) is 0 Å². The Bertz CT molecular complexity index is 1400. The summed E-state index contributed by atoms with van der Waals surface area (Å²) in [5.41, 5.74) is -0.704. The predicted molar refractivity (Wildman–Crippen MR) is 202 cm³/mol. The Morgan fingerprint density at radius 1 is 0.827 bits per heavy atom. The lowest BCUT2D eigenvalue weighted by Gasteiger charge is -2.39. The first-order chi connectivity index (χ1) is 24.8. The van der Waals surface area contributed by atoms with Crippen molar-refractivity contribution in [1.82, 2.24) is 14.5 Å². The molecule has 0 bridgehead atoms. The van der Waals surface area contributed by atoms with Gasteiger partial charge >= 0.3 is 0 Å². The fourth-order valence-electron chi connectivity index (χ4n) is 10.4. The Kier molecular flexibility index (Phi) is 14.2. The van der Waals surface area contributed by atoms with Crippen molar-refractivity contribution in [2.24, 2.45) is 34.5 Å². The van der Waals surface area contributed by atoms with Crippen LogP contribution in [0.25, 0.3) is 0 Å². The molecule has 3 aliphatic heterocycles. The number of sulfonamides is 1. The molecule has 11 heteroatoms. The molecule has 5 aliphatic rings. The van der Waals surface area contributed by atoms with E-state index >= 15 is 0 Å². The third-order valence-corrected chi connectivity index (χ3v) is 15.6. The van der Waals surface area contributed by atoms with Gasteiger partial charge in [-0.3, -0.25) is 24.0 Å². The van der Waals surface area contributed by atoms with Gasteiger partial charge in [0.15, 0.2) is 5.78 Å². The standard InChI is InChI=1S/C41H67N3O7S/c1-4-22-42-38(48)37(47)30-18-12-8-6-5-7-9-13-19-31(39(49)44-28-33-35(40(33,2)3)36(44)34(46)26-30)25-32(45)27-41(20-14-10-15-21-41)29-52(50,51)43-23-16-11-17-24-43/h30-31,33,35-36H,4-29H2,1-3H3,(H,42,48)/t30-,31-,33+,35+,36-/m1/s1. The Hall–Kier alpha value is -2.14. The first kappa shape index (κ1) is 41.0. The van der Waals surface area contributed by atoms with Gasteiger partial charge in [-0.1, -0.05) is 91.4 Å². The van der Waals surface area contributed by atoms with Crippen molar-refractivity contribution in [3.05, 3.63) is 0 Å². The van der Waals surface area contributed by atoms with Crippen LogP contribution in [0, 0.1) is 34.5 Å². The number of carbonyl (C=O) groups is 5. The Morgan fingerprint density at radius 2 is 1.42 bits per heavy atom. The minimum Gasteiger partial charge on any atom is -0.350 e. The summed E-state index contributed by atoms with van der Waals surface area (Å²) in [5.74, 6) is -2.59. The van der Waals surface area contributed by atoms with E-state index in [-0.39, 0.29) is 59.7 Å². The number of amides is 2. The van der Waals surface area contributed by atoms with Crippen LogP contribution < -0.4 is 5.32 Å². The highest BCUT2D eigenvalue weighted by atomic mass is 32.2. The first-order valence-electron chi connectivity index (χ1n) is 20.9. The summed E-state index contributed by atoms with van der Waals surface area (Å²) < 4.78 is 29.0. The van der Waals surface area contributed by atoms with Gasteiger partial charge in [-0.25, -0.2) is 12.7 Å². The maximum Gasteiger partial charge on any atom is 0.287 e. The molecule has 5 fully saturated rings. The van der Waals surface area contributed by atoms with Gasteiger partial charge in [0.1, 0.15) is 5.78 Å². The van der Waals surface area contributed by atoms with Crippen LogP contribution in [0.15, 0.2) is 0 Å². The number of Topliss-reactive ketones (excluding diaryl/α,β-unsaturated/α-hetero) is 3. The minimum absolute atomic E-state index is 0.00184. The van der Waals surface area contributed by atoms with Gasteiger partial charge < -0.3 is 10.2 Å². The molecular weight excluding hydrogens is 679 g/mol. The molecular formula is C41H67N3O7S. The smallest absolute Gasteiger partial charge is 0.287 e. The van der Waals surface area contributed by atoms with Crippen LogP contribution in [0.4, 0.5) is 0 Å². The molecule has 294 valence electrons. The van der Waals surface area contributed by atoms with E-state index in [9.17, 15) is 32.4 Å². The van der Waals surface area contributed by atoms with Crippen molar-refractivity contribution in [2.45, 2.75) is 162 Å². The highest BCUT2D eigenvalue weighted by Gasteiger charge is 2.69. The second-order valence-corrected chi connectivity index (χ2v) is 19.8. The van der Waals surface area contributed by atoms with Crippen molar-refractivity contribution < 1.29 is 32.4 Å². The summed E-state index contributed by atoms with van der Waals surface area (Å²) in [6.45, 7) is 8.18. The van der Waals surface area contributed by atoms with E-state index in [2.05, 4.69) is 19.2 Å². The molecule has 0 aromatic rings. The Balaban J connectivity index is 1.35. The summed E-state index contributed by atoms with van der Waals surface area (Å²) >= 11 is 0. The molecule has 2 saturated carbocycles. The Labute approximate surface area is 313 Å². The third kappa shape index (κ3) is 9.93. The monoisotopic (exact) mass is 745 g/mol. The summed E-state index contributed by atoms with van der Waals surface area (Å²) in [7, 11) is -3.50. The summed E-state index contributed by atoms with van der Waals surface area (Å²) in [6.07, 6.45) is 15.6. The van der Waals surface area contributed by atoms with Crippen LogP contribution in [0.3, 0.4) is 0 Å². The molecule has 0 aromatic heterocycles. The average Bonchev–Trinajstić information content (AvgIpc) is 3.41. The predicted octanol–water partition coefficient (Wildman–Crippen LogP) is 6.40. The number of hydrogen-bond acceptors (Lipinski definition) is 7. The molecule has 3 saturated heterocycles. The average molecular weight is 746 g/mol. The van der Waals surface area contributed by atoms with Gasteiger partial charge in [0.05, 0.1) is 11.8 Å². The molecule has 2 aliphatic carbocycles. The van der Waals surface area contributed by atoms with Crippen molar-refractivity contribution in [3.63, 3.8) is 0 Å². The van der Waals surface area contributed by atoms with Gasteiger partial charge in [0.2, 0.25) is 21.7 Å². The number of piperidine rings is 2. The molecule has 0 aromatic carbocycles. The maximum absolute atomic E-state index is 14.6. The number of ketones is 3. The zero-order valence-corrected chi connectivity index (χ0v) is 33.2. The number of rotatable bonds is 11. The van der Waals surface area contributed by atoms with E-state index in [1.165, 1.54) is 0 Å². The lowest BCUT2D eigenvalue weighted by molar-refractivity contribution is -0.146. The summed E-state index contributed by atoms with van der Waals surface area (Å²) in [5, 5.41) is 2.70. The topological polar surface area (TPSA) is 138 Å². The molecule has 0 unspecified atom stereocenters. The summed E-state index contributed by atoms with van der Waals surface area (Å²) in [6, 6.07) is -0.661. The van der Waals surface area contributed by atoms with E-state index in [4.69, 9.17) is 0 Å². The molecule has 2 amide bonds. The fraction of sp³-hybridized carbons (Fsp3) is 0.878. The van der Waals surface area contributed by atoms with Crippen molar-refractivity contribution in [2.75, 3.05) is 31.9 Å². The molecule has 52 heavy (non-hydrogen) atoms. The van der Waals surface area contributed by atoms with Gasteiger partial charge in [-0.2, -0.15) is 0 Å². The summed E-state index contributed by atoms with van der Waals surface area (Å²) in [4.78, 5) is 70.9. The lowest BCUT2D eigenvalue weighted by atomic mass is 9.71. The number of carbonyl (C=O) groups excluding carboxylic acids is 5. The van der Waals surface area contributed by atoms with E-state index in [0.29, 0.717) is 58.3 Å². The van der Waals surface area contributed by atoms with Crippen LogP contribution >= 0.6 is 0 Å². The van der Waals surface area contributed by atoms with E-state index in [1.807, 2.05) is 6.92 Å². The van der Waals surface area contributed by atoms with E-state index in [1.54, 1.807) is 9.21 Å². The second kappa shape index (κ2) is 18.0. The van der Waals surface area contributed by atoms with Crippen LogP contribution in [-0.2, 0) is 34.0 Å². The van der Waals surface area contributed by atoms with Gasteiger partial charge in [-0.05, 0) is 67.6 Å². The number of hydrogen-bond donors (Lipinski definition) is 1. The van der Waals surface area contributed by atoms with E-state index < -0.39 is 45.0 Å². The first-order valence-corrected chi connectivity index (χ1v) is 22.6. The molecule has 0 spiro atoms. The number of fused-ring (bicyclic) bond motifs is 3. The van der Waals surface area contributed by atoms with Crippen LogP contribution in [0.2, 0.25) is 0 Å².